The highest BCUT2D eigenvalue weighted by Crippen LogP contribution is 2.22. The minimum Gasteiger partial charge on any atom is -0.481 e. The molecule has 1 heterocycles. The third-order valence-corrected chi connectivity index (χ3v) is 3.30. The van der Waals surface area contributed by atoms with Gasteiger partial charge in [-0.15, -0.1) is 21.5 Å². The Morgan fingerprint density at radius 3 is 2.94 bits per heavy atom. The van der Waals surface area contributed by atoms with Crippen molar-refractivity contribution in [1.82, 2.24) is 10.2 Å². The Morgan fingerprint density at radius 2 is 2.35 bits per heavy atom. The van der Waals surface area contributed by atoms with Gasteiger partial charge in [-0.25, -0.2) is 0 Å². The third-order valence-electron chi connectivity index (χ3n) is 2.50. The fourth-order valence-corrected chi connectivity index (χ4v) is 2.33. The molecule has 1 aromatic carbocycles. The predicted molar refractivity (Wildman–Crippen MR) is 65.2 cm³/mol. The fraction of sp³-hybridized carbons (Fsp3) is 0.250. The summed E-state index contributed by atoms with van der Waals surface area (Å²) in [6, 6.07) is 7.86. The summed E-state index contributed by atoms with van der Waals surface area (Å²) in [7, 11) is 0. The minimum atomic E-state index is -0.858. The average Bonchev–Trinajstić information content (AvgIpc) is 2.78. The van der Waals surface area contributed by atoms with Crippen LogP contribution in [0, 0.1) is 6.92 Å². The number of carboxylic acid groups (broad SMARTS) is 1. The largest absolute Gasteiger partial charge is 0.481 e. The van der Waals surface area contributed by atoms with Crippen LogP contribution in [0.2, 0.25) is 0 Å². The molecule has 1 unspecified atom stereocenters. The normalized spacial score (nSPS) is 12.3. The minimum absolute atomic E-state index is 0.451. The highest BCUT2D eigenvalue weighted by Gasteiger charge is 2.23. The maximum absolute atomic E-state index is 11.2. The first-order chi connectivity index (χ1) is 8.16. The second kappa shape index (κ2) is 5.05. The van der Waals surface area contributed by atoms with Crippen molar-refractivity contribution in [3.05, 3.63) is 45.9 Å². The Kier molecular flexibility index (Phi) is 3.49. The molecular weight excluding hydrogens is 236 g/mol. The van der Waals surface area contributed by atoms with Crippen LogP contribution in [0.5, 0.6) is 0 Å². The molecule has 0 amide bonds. The smallest absolute Gasteiger partial charge is 0.313 e. The van der Waals surface area contributed by atoms with Crippen molar-refractivity contribution in [3.8, 4) is 0 Å². The topological polar surface area (TPSA) is 63.1 Å². The van der Waals surface area contributed by atoms with Crippen molar-refractivity contribution in [1.29, 1.82) is 0 Å². The summed E-state index contributed by atoms with van der Waals surface area (Å²) in [5.74, 6) is -1.47. The number of carboxylic acids is 1. The summed E-state index contributed by atoms with van der Waals surface area (Å²) in [4.78, 5) is 11.2. The molecule has 2 rings (SSSR count). The maximum Gasteiger partial charge on any atom is 0.313 e. The van der Waals surface area contributed by atoms with Crippen LogP contribution < -0.4 is 0 Å². The third kappa shape index (κ3) is 2.88. The molecule has 17 heavy (non-hydrogen) atoms. The van der Waals surface area contributed by atoms with E-state index < -0.39 is 11.9 Å². The Labute approximate surface area is 103 Å². The monoisotopic (exact) mass is 248 g/mol. The van der Waals surface area contributed by atoms with E-state index in [2.05, 4.69) is 10.2 Å². The summed E-state index contributed by atoms with van der Waals surface area (Å²) >= 11 is 1.28. The van der Waals surface area contributed by atoms with Gasteiger partial charge >= 0.3 is 5.97 Å². The van der Waals surface area contributed by atoms with Crippen molar-refractivity contribution in [2.45, 2.75) is 19.3 Å². The Hall–Kier alpha value is -1.75. The zero-order valence-electron chi connectivity index (χ0n) is 9.33. The molecule has 88 valence electrons. The molecule has 2 aromatic rings. The SMILES string of the molecule is Cc1cccc(CC(C(=O)O)c2nncs2)c1. The van der Waals surface area contributed by atoms with Crippen LogP contribution in [-0.4, -0.2) is 21.3 Å². The quantitative estimate of drug-likeness (QED) is 0.901. The number of aromatic nitrogens is 2. The van der Waals surface area contributed by atoms with Gasteiger partial charge < -0.3 is 5.11 Å². The van der Waals surface area contributed by atoms with E-state index in [-0.39, 0.29) is 0 Å². The Bertz CT molecular complexity index is 511. The zero-order chi connectivity index (χ0) is 12.3. The van der Waals surface area contributed by atoms with Crippen molar-refractivity contribution < 1.29 is 9.90 Å². The number of aliphatic carboxylic acids is 1. The number of rotatable bonds is 4. The highest BCUT2D eigenvalue weighted by molar-refractivity contribution is 7.09. The van der Waals surface area contributed by atoms with Gasteiger partial charge in [-0.05, 0) is 18.9 Å². The van der Waals surface area contributed by atoms with Crippen LogP contribution >= 0.6 is 11.3 Å². The first-order valence-electron chi connectivity index (χ1n) is 5.21. The van der Waals surface area contributed by atoms with Gasteiger partial charge in [0.05, 0.1) is 0 Å². The molecule has 1 aromatic heterocycles. The molecule has 1 N–H and O–H groups in total. The number of nitrogens with zero attached hydrogens (tertiary/aromatic N) is 2. The predicted octanol–water partition coefficient (Wildman–Crippen LogP) is 2.26. The molecule has 0 saturated heterocycles. The molecule has 0 aliphatic rings. The van der Waals surface area contributed by atoms with Crippen LogP contribution in [0.15, 0.2) is 29.8 Å². The van der Waals surface area contributed by atoms with Gasteiger partial charge in [-0.3, -0.25) is 4.79 Å². The van der Waals surface area contributed by atoms with E-state index in [9.17, 15) is 9.90 Å². The highest BCUT2D eigenvalue weighted by atomic mass is 32.1. The lowest BCUT2D eigenvalue weighted by Crippen LogP contribution is -2.14. The molecule has 0 aliphatic carbocycles. The second-order valence-corrected chi connectivity index (χ2v) is 4.73. The summed E-state index contributed by atoms with van der Waals surface area (Å²) in [5.41, 5.74) is 3.69. The first kappa shape index (κ1) is 11.7. The van der Waals surface area contributed by atoms with Crippen LogP contribution in [-0.2, 0) is 11.2 Å². The summed E-state index contributed by atoms with van der Waals surface area (Å²) in [6.45, 7) is 1.99. The van der Waals surface area contributed by atoms with Crippen molar-refractivity contribution >= 4 is 17.3 Å². The van der Waals surface area contributed by atoms with Crippen LogP contribution in [0.1, 0.15) is 22.1 Å². The van der Waals surface area contributed by atoms with Crippen LogP contribution in [0.25, 0.3) is 0 Å². The molecule has 0 aliphatic heterocycles. The maximum atomic E-state index is 11.2. The van der Waals surface area contributed by atoms with Crippen molar-refractivity contribution in [2.75, 3.05) is 0 Å². The Morgan fingerprint density at radius 1 is 1.53 bits per heavy atom. The van der Waals surface area contributed by atoms with Gasteiger partial charge in [0.15, 0.2) is 0 Å². The summed E-state index contributed by atoms with van der Waals surface area (Å²) in [5, 5.41) is 17.3. The molecule has 0 saturated carbocycles. The molecule has 4 nitrogen and oxygen atoms in total. The molecule has 0 spiro atoms. The molecular formula is C12H12N2O2S. The van der Waals surface area contributed by atoms with E-state index in [4.69, 9.17) is 0 Å². The lowest BCUT2D eigenvalue weighted by molar-refractivity contribution is -0.138. The molecule has 0 bridgehead atoms. The van der Waals surface area contributed by atoms with Gasteiger partial charge in [-0.2, -0.15) is 0 Å². The van der Waals surface area contributed by atoms with Crippen molar-refractivity contribution in [3.63, 3.8) is 0 Å². The van der Waals surface area contributed by atoms with Gasteiger partial charge in [0.25, 0.3) is 0 Å². The molecule has 1 atom stereocenters. The van der Waals surface area contributed by atoms with E-state index >= 15 is 0 Å². The number of aryl methyl sites for hydroxylation is 1. The van der Waals surface area contributed by atoms with E-state index in [0.29, 0.717) is 11.4 Å². The zero-order valence-corrected chi connectivity index (χ0v) is 10.1. The van der Waals surface area contributed by atoms with Crippen LogP contribution in [0.3, 0.4) is 0 Å². The van der Waals surface area contributed by atoms with E-state index in [1.165, 1.54) is 11.3 Å². The van der Waals surface area contributed by atoms with E-state index in [1.54, 1.807) is 5.51 Å². The van der Waals surface area contributed by atoms with Gasteiger partial charge in [0, 0.05) is 0 Å². The second-order valence-electron chi connectivity index (χ2n) is 3.86. The number of benzene rings is 1. The first-order valence-corrected chi connectivity index (χ1v) is 6.09. The van der Waals surface area contributed by atoms with Gasteiger partial charge in [-0.1, -0.05) is 29.8 Å². The van der Waals surface area contributed by atoms with Gasteiger partial charge in [0.2, 0.25) is 0 Å². The number of carbonyl (C=O) groups is 1. The average molecular weight is 248 g/mol. The molecule has 0 fully saturated rings. The molecule has 0 radical (unpaired) electrons. The fourth-order valence-electron chi connectivity index (χ4n) is 1.69. The Balaban J connectivity index is 2.22. The summed E-state index contributed by atoms with van der Waals surface area (Å²) < 4.78 is 0. The lowest BCUT2D eigenvalue weighted by atomic mass is 9.99. The summed E-state index contributed by atoms with van der Waals surface area (Å²) in [6.07, 6.45) is 0.451. The number of hydrogen-bond acceptors (Lipinski definition) is 4. The lowest BCUT2D eigenvalue weighted by Gasteiger charge is -2.09. The standard InChI is InChI=1S/C12H12N2O2S/c1-8-3-2-4-9(5-8)6-10(12(15)16)11-14-13-7-17-11/h2-5,7,10H,6H2,1H3,(H,15,16). The van der Waals surface area contributed by atoms with E-state index in [0.717, 1.165) is 11.1 Å². The van der Waals surface area contributed by atoms with E-state index in [1.807, 2.05) is 31.2 Å². The van der Waals surface area contributed by atoms with Gasteiger partial charge in [0.1, 0.15) is 16.4 Å². The molecule has 5 heteroatoms. The van der Waals surface area contributed by atoms with Crippen LogP contribution in [0.4, 0.5) is 0 Å². The van der Waals surface area contributed by atoms with Crippen molar-refractivity contribution in [2.24, 2.45) is 0 Å². The number of hydrogen-bond donors (Lipinski definition) is 1.